The van der Waals surface area contributed by atoms with Crippen LogP contribution in [0.5, 0.6) is 0 Å². The summed E-state index contributed by atoms with van der Waals surface area (Å²) in [5, 5.41) is 15.0. The fraction of sp³-hybridized carbons (Fsp3) is 0.250. The number of carboxylic acids is 1. The van der Waals surface area contributed by atoms with Gasteiger partial charge in [0.15, 0.2) is 0 Å². The van der Waals surface area contributed by atoms with Crippen LogP contribution in [-0.2, 0) is 0 Å². The zero-order valence-corrected chi connectivity index (χ0v) is 10.9. The second-order valence-corrected chi connectivity index (χ2v) is 4.82. The van der Waals surface area contributed by atoms with E-state index in [4.69, 9.17) is 5.11 Å². The Morgan fingerprint density at radius 1 is 1.50 bits per heavy atom. The Kier molecular flexibility index (Phi) is 3.57. The highest BCUT2D eigenvalue weighted by Crippen LogP contribution is 2.21. The molecule has 2 N–H and O–H groups in total. The number of aromatic carboxylic acids is 1. The van der Waals surface area contributed by atoms with Gasteiger partial charge in [-0.2, -0.15) is 0 Å². The molecule has 0 aromatic carbocycles. The molecule has 0 aliphatic heterocycles. The molecule has 0 bridgehead atoms. The van der Waals surface area contributed by atoms with Crippen molar-refractivity contribution in [3.63, 3.8) is 0 Å². The summed E-state index contributed by atoms with van der Waals surface area (Å²) in [5.74, 6) is -1.02. The fourth-order valence-electron chi connectivity index (χ4n) is 1.49. The smallest absolute Gasteiger partial charge is 0.354 e. The minimum Gasteiger partial charge on any atom is -0.477 e. The molecule has 94 valence electrons. The number of nitrogens with one attached hydrogen (secondary N) is 1. The largest absolute Gasteiger partial charge is 0.477 e. The van der Waals surface area contributed by atoms with Crippen molar-refractivity contribution >= 4 is 23.0 Å². The predicted octanol–water partition coefficient (Wildman–Crippen LogP) is 2.72. The summed E-state index contributed by atoms with van der Waals surface area (Å²) in [6, 6.07) is 3.25. The van der Waals surface area contributed by atoms with Gasteiger partial charge in [-0.05, 0) is 26.0 Å². The van der Waals surface area contributed by atoms with Gasteiger partial charge in [-0.15, -0.1) is 11.3 Å². The molecule has 5 nitrogen and oxygen atoms in total. The quantitative estimate of drug-likeness (QED) is 0.887. The van der Waals surface area contributed by atoms with Crippen molar-refractivity contribution < 1.29 is 9.90 Å². The van der Waals surface area contributed by atoms with Crippen molar-refractivity contribution in [3.05, 3.63) is 40.1 Å². The maximum absolute atomic E-state index is 10.7. The number of aromatic nitrogens is 2. The number of aryl methyl sites for hydroxylation is 1. The van der Waals surface area contributed by atoms with Crippen LogP contribution in [0.25, 0.3) is 0 Å². The van der Waals surface area contributed by atoms with Gasteiger partial charge in [0.2, 0.25) is 0 Å². The molecule has 0 radical (unpaired) electrons. The molecule has 2 heterocycles. The molecule has 2 aromatic heterocycles. The standard InChI is InChI=1S/C12H13N3O2S/c1-7-6-18-11(14-7)8(2)15-9-3-4-10(12(16)17)13-5-9/h3-6,8,15H,1-2H3,(H,16,17). The molecule has 0 aliphatic carbocycles. The third-order valence-electron chi connectivity index (χ3n) is 2.37. The van der Waals surface area contributed by atoms with Gasteiger partial charge in [-0.25, -0.2) is 14.8 Å². The summed E-state index contributed by atoms with van der Waals surface area (Å²) in [7, 11) is 0. The molecule has 18 heavy (non-hydrogen) atoms. The Morgan fingerprint density at radius 3 is 2.78 bits per heavy atom. The predicted molar refractivity (Wildman–Crippen MR) is 70.1 cm³/mol. The Morgan fingerprint density at radius 2 is 2.28 bits per heavy atom. The third kappa shape index (κ3) is 2.84. The highest BCUT2D eigenvalue weighted by molar-refractivity contribution is 7.09. The van der Waals surface area contributed by atoms with E-state index in [2.05, 4.69) is 15.3 Å². The molecule has 2 rings (SSSR count). The van der Waals surface area contributed by atoms with E-state index in [1.54, 1.807) is 17.4 Å². The summed E-state index contributed by atoms with van der Waals surface area (Å²) in [5.41, 5.74) is 1.82. The van der Waals surface area contributed by atoms with Gasteiger partial charge >= 0.3 is 5.97 Å². The van der Waals surface area contributed by atoms with Crippen LogP contribution < -0.4 is 5.32 Å². The van der Waals surface area contributed by atoms with E-state index in [0.29, 0.717) is 0 Å². The van der Waals surface area contributed by atoms with Crippen molar-refractivity contribution in [2.45, 2.75) is 19.9 Å². The third-order valence-corrected chi connectivity index (χ3v) is 3.52. The molecule has 1 unspecified atom stereocenters. The van der Waals surface area contributed by atoms with E-state index in [0.717, 1.165) is 16.4 Å². The van der Waals surface area contributed by atoms with Crippen molar-refractivity contribution in [2.75, 3.05) is 5.32 Å². The molecule has 6 heteroatoms. The first kappa shape index (κ1) is 12.5. The van der Waals surface area contributed by atoms with Gasteiger partial charge < -0.3 is 10.4 Å². The number of carbonyl (C=O) groups is 1. The number of rotatable bonds is 4. The fourth-order valence-corrected chi connectivity index (χ4v) is 2.29. The van der Waals surface area contributed by atoms with E-state index in [1.807, 2.05) is 19.2 Å². The maximum Gasteiger partial charge on any atom is 0.354 e. The normalized spacial score (nSPS) is 12.1. The molecule has 1 atom stereocenters. The lowest BCUT2D eigenvalue weighted by Crippen LogP contribution is -2.07. The summed E-state index contributed by atoms with van der Waals surface area (Å²) in [6.45, 7) is 3.96. The van der Waals surface area contributed by atoms with Crippen molar-refractivity contribution in [2.24, 2.45) is 0 Å². The zero-order valence-electron chi connectivity index (χ0n) is 10.0. The van der Waals surface area contributed by atoms with Crippen molar-refractivity contribution in [1.29, 1.82) is 0 Å². The number of hydrogen-bond acceptors (Lipinski definition) is 5. The van der Waals surface area contributed by atoms with Gasteiger partial charge in [-0.1, -0.05) is 0 Å². The number of anilines is 1. The minimum atomic E-state index is -1.02. The Labute approximate surface area is 109 Å². The van der Waals surface area contributed by atoms with E-state index < -0.39 is 5.97 Å². The Bertz CT molecular complexity index is 551. The molecule has 0 amide bonds. The lowest BCUT2D eigenvalue weighted by molar-refractivity contribution is 0.0690. The SMILES string of the molecule is Cc1csc(C(C)Nc2ccc(C(=O)O)nc2)n1. The highest BCUT2D eigenvalue weighted by atomic mass is 32.1. The average molecular weight is 263 g/mol. The Balaban J connectivity index is 2.07. The molecular weight excluding hydrogens is 250 g/mol. The monoisotopic (exact) mass is 263 g/mol. The summed E-state index contributed by atoms with van der Waals surface area (Å²) in [4.78, 5) is 18.9. The second-order valence-electron chi connectivity index (χ2n) is 3.93. The van der Waals surface area contributed by atoms with E-state index in [-0.39, 0.29) is 11.7 Å². The van der Waals surface area contributed by atoms with Gasteiger partial charge in [0.25, 0.3) is 0 Å². The zero-order chi connectivity index (χ0) is 13.1. The van der Waals surface area contributed by atoms with Crippen molar-refractivity contribution in [3.8, 4) is 0 Å². The van der Waals surface area contributed by atoms with E-state index in [9.17, 15) is 4.79 Å². The number of pyridine rings is 1. The van der Waals surface area contributed by atoms with Gasteiger partial charge in [0, 0.05) is 11.1 Å². The first-order valence-corrected chi connectivity index (χ1v) is 6.32. The van der Waals surface area contributed by atoms with Crippen LogP contribution >= 0.6 is 11.3 Å². The van der Waals surface area contributed by atoms with Crippen LogP contribution in [0.2, 0.25) is 0 Å². The van der Waals surface area contributed by atoms with Crippen molar-refractivity contribution in [1.82, 2.24) is 9.97 Å². The van der Waals surface area contributed by atoms with Crippen LogP contribution in [0.15, 0.2) is 23.7 Å². The molecule has 2 aromatic rings. The summed E-state index contributed by atoms with van der Waals surface area (Å²) in [6.07, 6.45) is 1.51. The van der Waals surface area contributed by atoms with Crippen LogP contribution in [0, 0.1) is 6.92 Å². The number of carboxylic acid groups (broad SMARTS) is 1. The second kappa shape index (κ2) is 5.14. The Hall–Kier alpha value is -1.95. The summed E-state index contributed by atoms with van der Waals surface area (Å²) < 4.78 is 0. The number of hydrogen-bond donors (Lipinski definition) is 2. The lowest BCUT2D eigenvalue weighted by atomic mass is 10.3. The minimum absolute atomic E-state index is 0.0401. The van der Waals surface area contributed by atoms with Gasteiger partial charge in [-0.3, -0.25) is 0 Å². The average Bonchev–Trinajstić information content (AvgIpc) is 2.76. The first-order valence-electron chi connectivity index (χ1n) is 5.44. The molecule has 0 aliphatic rings. The number of thiazole rings is 1. The van der Waals surface area contributed by atoms with E-state index >= 15 is 0 Å². The first-order chi connectivity index (χ1) is 8.56. The summed E-state index contributed by atoms with van der Waals surface area (Å²) >= 11 is 1.60. The van der Waals surface area contributed by atoms with Crippen LogP contribution in [0.3, 0.4) is 0 Å². The van der Waals surface area contributed by atoms with E-state index in [1.165, 1.54) is 12.3 Å². The molecule has 0 spiro atoms. The van der Waals surface area contributed by atoms with Gasteiger partial charge in [0.05, 0.1) is 17.9 Å². The molecular formula is C12H13N3O2S. The highest BCUT2D eigenvalue weighted by Gasteiger charge is 2.10. The molecule has 0 saturated carbocycles. The topological polar surface area (TPSA) is 75.1 Å². The number of nitrogens with zero attached hydrogens (tertiary/aromatic N) is 2. The van der Waals surface area contributed by atoms with Gasteiger partial charge in [0.1, 0.15) is 10.7 Å². The maximum atomic E-state index is 10.7. The van der Waals surface area contributed by atoms with Crippen LogP contribution in [-0.4, -0.2) is 21.0 Å². The van der Waals surface area contributed by atoms with Crippen LogP contribution in [0.1, 0.15) is 34.2 Å². The molecule has 0 saturated heterocycles. The lowest BCUT2D eigenvalue weighted by Gasteiger charge is -2.12. The van der Waals surface area contributed by atoms with Crippen LogP contribution in [0.4, 0.5) is 5.69 Å². The molecule has 0 fully saturated rings.